The third-order valence-corrected chi connectivity index (χ3v) is 5.03. The van der Waals surface area contributed by atoms with Crippen LogP contribution in [0.1, 0.15) is 35.2 Å². The van der Waals surface area contributed by atoms with E-state index in [1.165, 1.54) is 6.07 Å². The minimum absolute atomic E-state index is 0.0190. The Bertz CT molecular complexity index is 724. The first-order valence-corrected chi connectivity index (χ1v) is 8.69. The highest BCUT2D eigenvalue weighted by Crippen LogP contribution is 2.36. The average molecular weight is 407 g/mol. The number of aliphatic hydroxyl groups is 1. The summed E-state index contributed by atoms with van der Waals surface area (Å²) in [6, 6.07) is 4.10. The smallest absolute Gasteiger partial charge is 0.478 e. The van der Waals surface area contributed by atoms with Gasteiger partial charge in [-0.15, -0.1) is 0 Å². The average Bonchev–Trinajstić information content (AvgIpc) is 2.97. The van der Waals surface area contributed by atoms with Gasteiger partial charge in [-0.05, 0) is 43.2 Å². The molecule has 1 aliphatic heterocycles. The zero-order valence-corrected chi connectivity index (χ0v) is 14.8. The van der Waals surface area contributed by atoms with Crippen molar-refractivity contribution >= 4 is 11.9 Å². The minimum Gasteiger partial charge on any atom is -0.478 e. The highest BCUT2D eigenvalue weighted by molar-refractivity contribution is 5.87. The molecule has 6 nitrogen and oxygen atoms in total. The number of rotatable bonds is 3. The van der Waals surface area contributed by atoms with Gasteiger partial charge in [-0.1, -0.05) is 6.07 Å². The summed E-state index contributed by atoms with van der Waals surface area (Å²) in [5, 5.41) is 25.7. The molecule has 1 aliphatic carbocycles. The van der Waals surface area contributed by atoms with Gasteiger partial charge in [0.05, 0.1) is 11.7 Å². The second-order valence-electron chi connectivity index (χ2n) is 7.10. The normalized spacial score (nSPS) is 24.8. The molecule has 0 radical (unpaired) electrons. The molecule has 0 bridgehead atoms. The van der Waals surface area contributed by atoms with E-state index in [0.29, 0.717) is 23.9 Å². The number of aliphatic hydroxyl groups excluding tert-OH is 1. The van der Waals surface area contributed by atoms with Gasteiger partial charge in [0.1, 0.15) is 5.82 Å². The van der Waals surface area contributed by atoms with Crippen molar-refractivity contribution in [2.45, 2.75) is 38.1 Å². The highest BCUT2D eigenvalue weighted by atomic mass is 19.4. The van der Waals surface area contributed by atoms with Gasteiger partial charge in [0.2, 0.25) is 0 Å². The summed E-state index contributed by atoms with van der Waals surface area (Å²) in [6.07, 6.45) is -2.50. The van der Waals surface area contributed by atoms with Gasteiger partial charge in [0.15, 0.2) is 0 Å². The summed E-state index contributed by atoms with van der Waals surface area (Å²) < 4.78 is 45.7. The molecule has 1 saturated heterocycles. The fraction of sp³-hybridized carbons (Fsp3) is 0.556. The van der Waals surface area contributed by atoms with Crippen LogP contribution in [0.15, 0.2) is 18.2 Å². The van der Waals surface area contributed by atoms with Gasteiger partial charge >= 0.3 is 18.1 Å². The number of fused-ring (bicyclic) bond motifs is 1. The topological polar surface area (TPSA) is 98.1 Å². The lowest BCUT2D eigenvalue weighted by atomic mass is 9.80. The van der Waals surface area contributed by atoms with E-state index in [4.69, 9.17) is 15.0 Å². The van der Waals surface area contributed by atoms with Crippen molar-refractivity contribution in [3.63, 3.8) is 0 Å². The number of carbonyl (C=O) groups is 2. The number of carboxylic acids is 2. The first-order valence-electron chi connectivity index (χ1n) is 8.69. The Kier molecular flexibility index (Phi) is 7.00. The summed E-state index contributed by atoms with van der Waals surface area (Å²) in [7, 11) is 0. The van der Waals surface area contributed by atoms with Crippen LogP contribution in [0.4, 0.5) is 17.6 Å². The van der Waals surface area contributed by atoms with Gasteiger partial charge in [0, 0.05) is 25.2 Å². The van der Waals surface area contributed by atoms with Crippen LogP contribution in [0.3, 0.4) is 0 Å². The molecule has 0 unspecified atom stereocenters. The van der Waals surface area contributed by atoms with Crippen molar-refractivity contribution in [2.75, 3.05) is 13.1 Å². The zero-order valence-electron chi connectivity index (χ0n) is 14.8. The summed E-state index contributed by atoms with van der Waals surface area (Å²) in [5.74, 6) is -3.20. The van der Waals surface area contributed by atoms with Gasteiger partial charge in [-0.3, -0.25) is 4.90 Å². The van der Waals surface area contributed by atoms with Crippen LogP contribution < -0.4 is 0 Å². The number of hydrogen-bond donors (Lipinski definition) is 3. The number of carboxylic acid groups (broad SMARTS) is 2. The maximum Gasteiger partial charge on any atom is 0.490 e. The Balaban J connectivity index is 0.000000345. The SMILES string of the molecule is O=C(O)C(F)(F)F.O=C(O)c1ccc(CN2C[C@H]3CC[C@@H](O)C[C@H]3C2)c(F)c1. The minimum atomic E-state index is -5.08. The number of alkyl halides is 3. The highest BCUT2D eigenvalue weighted by Gasteiger charge is 2.38. The Morgan fingerprint density at radius 3 is 2.25 bits per heavy atom. The van der Waals surface area contributed by atoms with E-state index < -0.39 is 23.9 Å². The molecule has 1 aromatic carbocycles. The van der Waals surface area contributed by atoms with E-state index in [1.54, 1.807) is 6.07 Å². The molecule has 3 N–H and O–H groups in total. The van der Waals surface area contributed by atoms with E-state index >= 15 is 0 Å². The third kappa shape index (κ3) is 5.90. The Labute approximate surface area is 158 Å². The summed E-state index contributed by atoms with van der Waals surface area (Å²) >= 11 is 0. The molecule has 1 heterocycles. The molecule has 0 amide bonds. The van der Waals surface area contributed by atoms with Crippen LogP contribution >= 0.6 is 0 Å². The number of halogens is 4. The van der Waals surface area contributed by atoms with Crippen molar-refractivity contribution in [3.05, 3.63) is 35.1 Å². The Morgan fingerprint density at radius 2 is 1.71 bits per heavy atom. The van der Waals surface area contributed by atoms with Crippen LogP contribution in [0.2, 0.25) is 0 Å². The first kappa shape index (κ1) is 22.1. The predicted molar refractivity (Wildman–Crippen MR) is 89.2 cm³/mol. The summed E-state index contributed by atoms with van der Waals surface area (Å²) in [6.45, 7) is 2.34. The fourth-order valence-electron chi connectivity index (χ4n) is 3.68. The summed E-state index contributed by atoms with van der Waals surface area (Å²) in [4.78, 5) is 21.9. The van der Waals surface area contributed by atoms with E-state index in [-0.39, 0.29) is 11.7 Å². The van der Waals surface area contributed by atoms with E-state index in [1.807, 2.05) is 0 Å². The number of benzene rings is 1. The lowest BCUT2D eigenvalue weighted by Gasteiger charge is -2.27. The molecule has 156 valence electrons. The second kappa shape index (κ2) is 8.87. The molecular weight excluding hydrogens is 386 g/mol. The van der Waals surface area contributed by atoms with Gasteiger partial charge in [0.25, 0.3) is 0 Å². The standard InChI is InChI=1S/C16H20FNO3.C2HF3O2/c17-15-6-10(16(20)21)1-2-12(15)8-18-7-11-3-4-14(19)5-13(11)9-18;3-2(4,5)1(6)7/h1-2,6,11,13-14,19H,3-5,7-9H2,(H,20,21);(H,6,7)/t11-,13+,14-;/m1./s1. The Hall–Kier alpha value is -2.20. The van der Waals surface area contributed by atoms with E-state index in [0.717, 1.165) is 38.4 Å². The molecule has 2 aliphatic rings. The van der Waals surface area contributed by atoms with Crippen LogP contribution in [-0.4, -0.2) is 57.5 Å². The van der Waals surface area contributed by atoms with Crippen molar-refractivity contribution < 1.29 is 42.5 Å². The van der Waals surface area contributed by atoms with E-state index in [2.05, 4.69) is 4.90 Å². The largest absolute Gasteiger partial charge is 0.490 e. The number of aliphatic carboxylic acids is 1. The molecule has 1 saturated carbocycles. The van der Waals surface area contributed by atoms with Crippen LogP contribution in [0.5, 0.6) is 0 Å². The predicted octanol–water partition coefficient (Wildman–Crippen LogP) is 2.75. The number of nitrogens with zero attached hydrogens (tertiary/aromatic N) is 1. The molecule has 2 fully saturated rings. The fourth-order valence-corrected chi connectivity index (χ4v) is 3.68. The van der Waals surface area contributed by atoms with Gasteiger partial charge in [-0.25, -0.2) is 14.0 Å². The first-order chi connectivity index (χ1) is 13.0. The quantitative estimate of drug-likeness (QED) is 0.667. The van der Waals surface area contributed by atoms with Crippen molar-refractivity contribution in [1.29, 1.82) is 0 Å². The summed E-state index contributed by atoms with van der Waals surface area (Å²) in [5.41, 5.74) is 0.522. The van der Waals surface area contributed by atoms with Gasteiger partial charge < -0.3 is 15.3 Å². The Morgan fingerprint density at radius 1 is 1.11 bits per heavy atom. The van der Waals surface area contributed by atoms with E-state index in [9.17, 15) is 27.5 Å². The van der Waals surface area contributed by atoms with Crippen LogP contribution in [0.25, 0.3) is 0 Å². The van der Waals surface area contributed by atoms with Gasteiger partial charge in [-0.2, -0.15) is 13.2 Å². The number of aromatic carboxylic acids is 1. The molecular formula is C18H21F4NO5. The van der Waals surface area contributed by atoms with Crippen LogP contribution in [0, 0.1) is 17.7 Å². The lowest BCUT2D eigenvalue weighted by molar-refractivity contribution is -0.192. The maximum atomic E-state index is 14.0. The van der Waals surface area contributed by atoms with Crippen LogP contribution in [-0.2, 0) is 11.3 Å². The van der Waals surface area contributed by atoms with Crippen molar-refractivity contribution in [1.82, 2.24) is 4.90 Å². The molecule has 10 heteroatoms. The molecule has 1 aromatic rings. The monoisotopic (exact) mass is 407 g/mol. The maximum absolute atomic E-state index is 14.0. The lowest BCUT2D eigenvalue weighted by Crippen LogP contribution is -2.26. The van der Waals surface area contributed by atoms with Crippen molar-refractivity contribution in [2.24, 2.45) is 11.8 Å². The zero-order chi connectivity index (χ0) is 21.1. The molecule has 3 rings (SSSR count). The molecule has 3 atom stereocenters. The molecule has 28 heavy (non-hydrogen) atoms. The number of likely N-dealkylation sites (tertiary alicyclic amines) is 1. The number of hydrogen-bond acceptors (Lipinski definition) is 4. The second-order valence-corrected chi connectivity index (χ2v) is 7.10. The molecule has 0 spiro atoms. The van der Waals surface area contributed by atoms with Crippen molar-refractivity contribution in [3.8, 4) is 0 Å². The third-order valence-electron chi connectivity index (χ3n) is 5.03. The molecule has 0 aromatic heterocycles.